The van der Waals surface area contributed by atoms with E-state index >= 15 is 0 Å². The van der Waals surface area contributed by atoms with Gasteiger partial charge in [0, 0.05) is 13.0 Å². The van der Waals surface area contributed by atoms with Gasteiger partial charge in [-0.2, -0.15) is 4.98 Å². The van der Waals surface area contributed by atoms with E-state index in [1.54, 1.807) is 0 Å². The van der Waals surface area contributed by atoms with Gasteiger partial charge in [0.15, 0.2) is 0 Å². The molecule has 0 aliphatic rings. The smallest absolute Gasteiger partial charge is 0.354 e. The fourth-order valence-electron chi connectivity index (χ4n) is 0.764. The fourth-order valence-corrected chi connectivity index (χ4v) is 0.764. The molecule has 0 saturated carbocycles. The van der Waals surface area contributed by atoms with Crippen molar-refractivity contribution < 1.29 is 9.26 Å². The number of nitrogens with zero attached hydrogens (tertiary/aromatic N) is 2. The van der Waals surface area contributed by atoms with Gasteiger partial charge in [-0.1, -0.05) is 13.8 Å². The number of nitrogens with two attached hydrogens (primary N) is 1. The molecule has 13 heavy (non-hydrogen) atoms. The lowest BCUT2D eigenvalue weighted by molar-refractivity contribution is 0.238. The normalized spacial score (nSPS) is 10.8. The molecule has 0 radical (unpaired) electrons. The van der Waals surface area contributed by atoms with Gasteiger partial charge in [0.25, 0.3) is 0 Å². The van der Waals surface area contributed by atoms with E-state index in [1.165, 1.54) is 0 Å². The summed E-state index contributed by atoms with van der Waals surface area (Å²) >= 11 is 0. The van der Waals surface area contributed by atoms with Crippen molar-refractivity contribution in [3.63, 3.8) is 0 Å². The molecule has 1 aromatic rings. The SMILES string of the molecule is CC(C)COc1noc(CCN)n1. The molecule has 0 fully saturated rings. The number of hydrogen-bond donors (Lipinski definition) is 1. The largest absolute Gasteiger partial charge is 0.461 e. The number of ether oxygens (including phenoxy) is 1. The zero-order valence-electron chi connectivity index (χ0n) is 7.99. The Balaban J connectivity index is 2.39. The highest BCUT2D eigenvalue weighted by atomic mass is 16.6. The minimum atomic E-state index is 0.303. The maximum Gasteiger partial charge on any atom is 0.354 e. The zero-order valence-corrected chi connectivity index (χ0v) is 7.99. The van der Waals surface area contributed by atoms with Crippen LogP contribution in [-0.4, -0.2) is 23.3 Å². The highest BCUT2D eigenvalue weighted by Crippen LogP contribution is 2.06. The lowest BCUT2D eigenvalue weighted by Crippen LogP contribution is -2.06. The summed E-state index contributed by atoms with van der Waals surface area (Å²) in [5, 5.41) is 3.64. The summed E-state index contributed by atoms with van der Waals surface area (Å²) in [6, 6.07) is 0.303. The van der Waals surface area contributed by atoms with Crippen LogP contribution in [-0.2, 0) is 6.42 Å². The summed E-state index contributed by atoms with van der Waals surface area (Å²) < 4.78 is 10.1. The Labute approximate surface area is 77.3 Å². The van der Waals surface area contributed by atoms with E-state index in [4.69, 9.17) is 15.0 Å². The number of aromatic nitrogens is 2. The summed E-state index contributed by atoms with van der Waals surface area (Å²) in [4.78, 5) is 3.99. The lowest BCUT2D eigenvalue weighted by Gasteiger charge is -2.02. The molecule has 0 unspecified atom stereocenters. The van der Waals surface area contributed by atoms with Crippen LogP contribution in [0.2, 0.25) is 0 Å². The maximum absolute atomic E-state index is 5.32. The lowest BCUT2D eigenvalue weighted by atomic mass is 10.2. The Morgan fingerprint density at radius 2 is 2.31 bits per heavy atom. The Kier molecular flexibility index (Phi) is 3.70. The predicted molar refractivity (Wildman–Crippen MR) is 47.4 cm³/mol. The average molecular weight is 185 g/mol. The van der Waals surface area contributed by atoms with E-state index < -0.39 is 0 Å². The van der Waals surface area contributed by atoms with Crippen LogP contribution < -0.4 is 10.5 Å². The molecular weight excluding hydrogens is 170 g/mol. The molecule has 0 aromatic carbocycles. The standard InChI is InChI=1S/C8H15N3O2/c1-6(2)5-12-8-10-7(3-4-9)13-11-8/h6H,3-5,9H2,1-2H3. The number of hydrogen-bond acceptors (Lipinski definition) is 5. The summed E-state index contributed by atoms with van der Waals surface area (Å²) in [5.41, 5.74) is 5.32. The second-order valence-corrected chi connectivity index (χ2v) is 3.21. The molecule has 1 heterocycles. The van der Waals surface area contributed by atoms with Crippen LogP contribution in [0.4, 0.5) is 0 Å². The van der Waals surface area contributed by atoms with Crippen molar-refractivity contribution in [2.45, 2.75) is 20.3 Å². The van der Waals surface area contributed by atoms with Gasteiger partial charge in [0.05, 0.1) is 6.61 Å². The molecule has 0 atom stereocenters. The highest BCUT2D eigenvalue weighted by molar-refractivity contribution is 4.91. The van der Waals surface area contributed by atoms with Crippen LogP contribution in [0.25, 0.3) is 0 Å². The van der Waals surface area contributed by atoms with Gasteiger partial charge in [-0.15, -0.1) is 0 Å². The van der Waals surface area contributed by atoms with Crippen molar-refractivity contribution in [2.24, 2.45) is 11.7 Å². The molecule has 0 aliphatic heterocycles. The van der Waals surface area contributed by atoms with E-state index in [2.05, 4.69) is 24.0 Å². The van der Waals surface area contributed by atoms with E-state index in [0.717, 1.165) is 0 Å². The van der Waals surface area contributed by atoms with E-state index in [1.807, 2.05) is 0 Å². The van der Waals surface area contributed by atoms with Gasteiger partial charge >= 0.3 is 6.01 Å². The molecule has 0 aliphatic carbocycles. The number of rotatable bonds is 5. The third kappa shape index (κ3) is 3.42. The Morgan fingerprint density at radius 1 is 1.54 bits per heavy atom. The topological polar surface area (TPSA) is 74.2 Å². The van der Waals surface area contributed by atoms with Gasteiger partial charge in [-0.05, 0) is 11.1 Å². The molecular formula is C8H15N3O2. The molecule has 0 saturated heterocycles. The molecule has 1 rings (SSSR count). The maximum atomic E-state index is 5.32. The average Bonchev–Trinajstić information content (AvgIpc) is 2.50. The quantitative estimate of drug-likeness (QED) is 0.727. The first kappa shape index (κ1) is 9.98. The first-order valence-corrected chi connectivity index (χ1v) is 4.38. The first-order chi connectivity index (χ1) is 6.22. The summed E-state index contributed by atoms with van der Waals surface area (Å²) in [6.07, 6.45) is 0.595. The van der Waals surface area contributed by atoms with Crippen molar-refractivity contribution in [1.82, 2.24) is 10.1 Å². The van der Waals surface area contributed by atoms with Gasteiger partial charge in [0.1, 0.15) is 0 Å². The highest BCUT2D eigenvalue weighted by Gasteiger charge is 2.06. The first-order valence-electron chi connectivity index (χ1n) is 4.38. The summed E-state index contributed by atoms with van der Waals surface area (Å²) in [7, 11) is 0. The van der Waals surface area contributed by atoms with Gasteiger partial charge in [-0.3, -0.25) is 0 Å². The molecule has 2 N–H and O–H groups in total. The van der Waals surface area contributed by atoms with Crippen LogP contribution in [0.15, 0.2) is 4.52 Å². The summed E-state index contributed by atoms with van der Waals surface area (Å²) in [6.45, 7) is 5.22. The van der Waals surface area contributed by atoms with Crippen LogP contribution in [0.3, 0.4) is 0 Å². The van der Waals surface area contributed by atoms with Crippen LogP contribution in [0.5, 0.6) is 6.01 Å². The Bertz CT molecular complexity index is 247. The molecule has 0 amide bonds. The van der Waals surface area contributed by atoms with E-state index in [0.29, 0.717) is 37.4 Å². The predicted octanol–water partition coefficient (Wildman–Crippen LogP) is 0.606. The third-order valence-electron chi connectivity index (χ3n) is 1.35. The van der Waals surface area contributed by atoms with Crippen molar-refractivity contribution in [3.05, 3.63) is 5.89 Å². The van der Waals surface area contributed by atoms with E-state index in [-0.39, 0.29) is 0 Å². The zero-order chi connectivity index (χ0) is 9.68. The molecule has 0 bridgehead atoms. The molecule has 5 nitrogen and oxygen atoms in total. The molecule has 0 spiro atoms. The minimum Gasteiger partial charge on any atom is -0.461 e. The van der Waals surface area contributed by atoms with Crippen molar-refractivity contribution in [2.75, 3.05) is 13.2 Å². The fraction of sp³-hybridized carbons (Fsp3) is 0.750. The molecule has 1 aromatic heterocycles. The van der Waals surface area contributed by atoms with Crippen LogP contribution in [0, 0.1) is 5.92 Å². The third-order valence-corrected chi connectivity index (χ3v) is 1.35. The Hall–Kier alpha value is -1.10. The van der Waals surface area contributed by atoms with Crippen molar-refractivity contribution in [3.8, 4) is 6.01 Å². The van der Waals surface area contributed by atoms with Crippen LogP contribution >= 0.6 is 0 Å². The Morgan fingerprint density at radius 3 is 2.92 bits per heavy atom. The van der Waals surface area contributed by atoms with Crippen LogP contribution in [0.1, 0.15) is 19.7 Å². The minimum absolute atomic E-state index is 0.303. The monoisotopic (exact) mass is 185 g/mol. The van der Waals surface area contributed by atoms with E-state index in [9.17, 15) is 0 Å². The molecule has 5 heteroatoms. The van der Waals surface area contributed by atoms with Gasteiger partial charge < -0.3 is 15.0 Å². The van der Waals surface area contributed by atoms with Crippen molar-refractivity contribution in [1.29, 1.82) is 0 Å². The van der Waals surface area contributed by atoms with Gasteiger partial charge in [-0.25, -0.2) is 0 Å². The van der Waals surface area contributed by atoms with Crippen molar-refractivity contribution >= 4 is 0 Å². The second kappa shape index (κ2) is 4.81. The van der Waals surface area contributed by atoms with Gasteiger partial charge in [0.2, 0.25) is 5.89 Å². The second-order valence-electron chi connectivity index (χ2n) is 3.21. The molecule has 74 valence electrons. The summed E-state index contributed by atoms with van der Waals surface area (Å²) in [5.74, 6) is 0.984.